The van der Waals surface area contributed by atoms with Crippen LogP contribution in [0.2, 0.25) is 0 Å². The predicted molar refractivity (Wildman–Crippen MR) is 127 cm³/mol. The van der Waals surface area contributed by atoms with E-state index in [1.807, 2.05) is 6.07 Å². The molecule has 166 valence electrons. The molecule has 1 fully saturated rings. The van der Waals surface area contributed by atoms with Gasteiger partial charge in [-0.15, -0.1) is 24.8 Å². The summed E-state index contributed by atoms with van der Waals surface area (Å²) in [6.07, 6.45) is 1.53. The van der Waals surface area contributed by atoms with Crippen molar-refractivity contribution in [3.63, 3.8) is 0 Å². The predicted octanol–water partition coefficient (Wildman–Crippen LogP) is 3.29. The summed E-state index contributed by atoms with van der Waals surface area (Å²) >= 11 is 0. The molecule has 0 aromatic heterocycles. The number of sulfonamides is 1. The molecule has 30 heavy (non-hydrogen) atoms. The van der Waals surface area contributed by atoms with Crippen LogP contribution in [0.25, 0.3) is 0 Å². The standard InChI is InChI=1S/C21H27N3O3S.2ClH/c1-28(26,27)22-20-9-5-8-19(16-20)21(25)10-11-23-12-14-24(15-13-23)17-18-6-3-2-4-7-18;;/h2-9,16,22H,10-15,17H2,1H3;2*1H. The van der Waals surface area contributed by atoms with Gasteiger partial charge in [0, 0.05) is 56.9 Å². The minimum Gasteiger partial charge on any atom is -0.300 e. The van der Waals surface area contributed by atoms with Crippen LogP contribution in [0.3, 0.4) is 0 Å². The number of halogens is 2. The van der Waals surface area contributed by atoms with E-state index in [0.29, 0.717) is 17.7 Å². The third-order valence-electron chi connectivity index (χ3n) is 4.86. The van der Waals surface area contributed by atoms with E-state index in [1.165, 1.54) is 5.56 Å². The molecule has 9 heteroatoms. The third kappa shape index (κ3) is 8.62. The lowest BCUT2D eigenvalue weighted by molar-refractivity contribution is 0.0922. The van der Waals surface area contributed by atoms with E-state index in [-0.39, 0.29) is 30.6 Å². The maximum atomic E-state index is 12.5. The largest absolute Gasteiger partial charge is 0.300 e. The van der Waals surface area contributed by atoms with Gasteiger partial charge < -0.3 is 4.90 Å². The average molecular weight is 474 g/mol. The molecule has 6 nitrogen and oxygen atoms in total. The van der Waals surface area contributed by atoms with E-state index >= 15 is 0 Å². The average Bonchev–Trinajstić information content (AvgIpc) is 2.67. The molecule has 0 bridgehead atoms. The lowest BCUT2D eigenvalue weighted by Crippen LogP contribution is -2.46. The Balaban J connectivity index is 0.00000225. The molecule has 2 aromatic rings. The quantitative estimate of drug-likeness (QED) is 0.595. The van der Waals surface area contributed by atoms with Gasteiger partial charge >= 0.3 is 0 Å². The highest BCUT2D eigenvalue weighted by atomic mass is 35.5. The zero-order valence-corrected chi connectivity index (χ0v) is 19.4. The van der Waals surface area contributed by atoms with Crippen molar-refractivity contribution in [2.45, 2.75) is 13.0 Å². The van der Waals surface area contributed by atoms with Crippen LogP contribution in [0, 0.1) is 0 Å². The first-order chi connectivity index (χ1) is 13.4. The maximum Gasteiger partial charge on any atom is 0.229 e. The summed E-state index contributed by atoms with van der Waals surface area (Å²) < 4.78 is 25.1. The van der Waals surface area contributed by atoms with Gasteiger partial charge in [-0.05, 0) is 17.7 Å². The summed E-state index contributed by atoms with van der Waals surface area (Å²) in [6.45, 7) is 5.59. The van der Waals surface area contributed by atoms with E-state index in [9.17, 15) is 13.2 Å². The zero-order chi connectivity index (χ0) is 20.0. The first kappa shape index (κ1) is 26.4. The van der Waals surface area contributed by atoms with Crippen molar-refractivity contribution in [1.82, 2.24) is 9.80 Å². The van der Waals surface area contributed by atoms with Gasteiger partial charge in [0.25, 0.3) is 0 Å². The van der Waals surface area contributed by atoms with Crippen LogP contribution in [0.4, 0.5) is 5.69 Å². The Hall–Kier alpha value is -1.64. The summed E-state index contributed by atoms with van der Waals surface area (Å²) in [6, 6.07) is 17.1. The molecule has 0 saturated carbocycles. The van der Waals surface area contributed by atoms with E-state index in [0.717, 1.165) is 45.5 Å². The molecule has 1 heterocycles. The van der Waals surface area contributed by atoms with Crippen LogP contribution >= 0.6 is 24.8 Å². The Morgan fingerprint density at radius 3 is 2.20 bits per heavy atom. The fourth-order valence-electron chi connectivity index (χ4n) is 3.39. The van der Waals surface area contributed by atoms with Crippen molar-refractivity contribution >= 4 is 46.3 Å². The smallest absolute Gasteiger partial charge is 0.229 e. The Labute approximate surface area is 191 Å². The van der Waals surface area contributed by atoms with Gasteiger partial charge in [-0.3, -0.25) is 14.4 Å². The van der Waals surface area contributed by atoms with Gasteiger partial charge in [0.05, 0.1) is 6.26 Å². The normalized spacial score (nSPS) is 15.0. The second-order valence-electron chi connectivity index (χ2n) is 7.23. The van der Waals surface area contributed by atoms with E-state index in [1.54, 1.807) is 24.3 Å². The fraction of sp³-hybridized carbons (Fsp3) is 0.381. The van der Waals surface area contributed by atoms with Crippen molar-refractivity contribution < 1.29 is 13.2 Å². The van der Waals surface area contributed by atoms with Gasteiger partial charge in [-0.25, -0.2) is 8.42 Å². The summed E-state index contributed by atoms with van der Waals surface area (Å²) in [5.41, 5.74) is 2.29. The van der Waals surface area contributed by atoms with Crippen LogP contribution in [0.5, 0.6) is 0 Å². The van der Waals surface area contributed by atoms with Crippen molar-refractivity contribution in [3.05, 3.63) is 65.7 Å². The number of carbonyl (C=O) groups excluding carboxylic acids is 1. The van der Waals surface area contributed by atoms with Gasteiger partial charge in [0.1, 0.15) is 0 Å². The minimum absolute atomic E-state index is 0. The summed E-state index contributed by atoms with van der Waals surface area (Å²) in [4.78, 5) is 17.3. The molecule has 0 aliphatic carbocycles. The molecule has 0 unspecified atom stereocenters. The van der Waals surface area contributed by atoms with Crippen LogP contribution in [0.15, 0.2) is 54.6 Å². The van der Waals surface area contributed by atoms with Gasteiger partial charge in [0.15, 0.2) is 5.78 Å². The molecular weight excluding hydrogens is 445 g/mol. The number of nitrogens with zero attached hydrogens (tertiary/aromatic N) is 2. The van der Waals surface area contributed by atoms with Crippen molar-refractivity contribution in [2.24, 2.45) is 0 Å². The van der Waals surface area contributed by atoms with Crippen molar-refractivity contribution in [3.8, 4) is 0 Å². The van der Waals surface area contributed by atoms with Crippen LogP contribution < -0.4 is 4.72 Å². The Morgan fingerprint density at radius 1 is 0.933 bits per heavy atom. The van der Waals surface area contributed by atoms with Crippen LogP contribution in [0.1, 0.15) is 22.3 Å². The van der Waals surface area contributed by atoms with E-state index in [2.05, 4.69) is 38.8 Å². The monoisotopic (exact) mass is 473 g/mol. The number of carbonyl (C=O) groups is 1. The molecule has 1 saturated heterocycles. The number of anilines is 1. The second kappa shape index (κ2) is 12.3. The first-order valence-corrected chi connectivity index (χ1v) is 11.4. The number of Topliss-reactive ketones (excluding diaryl/α,β-unsaturated/α-hetero) is 1. The molecule has 0 radical (unpaired) electrons. The van der Waals surface area contributed by atoms with Gasteiger partial charge in [0.2, 0.25) is 10.0 Å². The number of ketones is 1. The molecule has 1 N–H and O–H groups in total. The number of hydrogen-bond donors (Lipinski definition) is 1. The Bertz CT molecular complexity index is 903. The van der Waals surface area contributed by atoms with Crippen LogP contribution in [-0.4, -0.2) is 63.0 Å². The Kier molecular flexibility index (Phi) is 10.8. The van der Waals surface area contributed by atoms with E-state index < -0.39 is 10.0 Å². The minimum atomic E-state index is -3.35. The molecule has 0 amide bonds. The molecule has 2 aromatic carbocycles. The maximum absolute atomic E-state index is 12.5. The van der Waals surface area contributed by atoms with E-state index in [4.69, 9.17) is 0 Å². The number of benzene rings is 2. The second-order valence-corrected chi connectivity index (χ2v) is 8.98. The number of nitrogens with one attached hydrogen (secondary N) is 1. The van der Waals surface area contributed by atoms with Crippen molar-refractivity contribution in [1.29, 1.82) is 0 Å². The highest BCUT2D eigenvalue weighted by molar-refractivity contribution is 7.92. The lowest BCUT2D eigenvalue weighted by atomic mass is 10.1. The molecule has 0 spiro atoms. The van der Waals surface area contributed by atoms with Gasteiger partial charge in [-0.2, -0.15) is 0 Å². The zero-order valence-electron chi connectivity index (χ0n) is 17.0. The Morgan fingerprint density at radius 2 is 1.57 bits per heavy atom. The first-order valence-electron chi connectivity index (χ1n) is 9.49. The topological polar surface area (TPSA) is 69.7 Å². The molecular formula is C21H29Cl2N3O3S. The molecule has 1 aliphatic heterocycles. The summed E-state index contributed by atoms with van der Waals surface area (Å²) in [7, 11) is -3.35. The summed E-state index contributed by atoms with van der Waals surface area (Å²) in [5.74, 6) is 0.0314. The lowest BCUT2D eigenvalue weighted by Gasteiger charge is -2.34. The molecule has 1 aliphatic rings. The number of hydrogen-bond acceptors (Lipinski definition) is 5. The van der Waals surface area contributed by atoms with Gasteiger partial charge in [-0.1, -0.05) is 42.5 Å². The molecule has 0 atom stereocenters. The molecule has 3 rings (SSSR count). The highest BCUT2D eigenvalue weighted by Crippen LogP contribution is 2.14. The summed E-state index contributed by atoms with van der Waals surface area (Å²) in [5, 5.41) is 0. The number of piperazine rings is 1. The van der Waals surface area contributed by atoms with Crippen molar-refractivity contribution in [2.75, 3.05) is 43.7 Å². The third-order valence-corrected chi connectivity index (χ3v) is 5.46. The fourth-order valence-corrected chi connectivity index (χ4v) is 3.94. The SMILES string of the molecule is CS(=O)(=O)Nc1cccc(C(=O)CCN2CCN(Cc3ccccc3)CC2)c1.Cl.Cl. The van der Waals surface area contributed by atoms with Crippen LogP contribution in [-0.2, 0) is 16.6 Å². The highest BCUT2D eigenvalue weighted by Gasteiger charge is 2.18. The number of rotatable bonds is 8.